The Hall–Kier alpha value is -17.1. The molecule has 0 amide bonds. The number of hydrogen-bond acceptors (Lipinski definition) is 8. The molecule has 0 aliphatic rings. The summed E-state index contributed by atoms with van der Waals surface area (Å²) >= 11 is 7.49. The van der Waals surface area contributed by atoms with E-state index in [9.17, 15) is 0 Å². The minimum atomic E-state index is 1.06. The number of benzene rings is 22. The van der Waals surface area contributed by atoms with Gasteiger partial charge in [0, 0.05) is 149 Å². The van der Waals surface area contributed by atoms with E-state index in [4.69, 9.17) is 0 Å². The van der Waals surface area contributed by atoms with Gasteiger partial charge in [-0.1, -0.05) is 352 Å². The average Bonchev–Trinajstić information content (AvgIpc) is 1.58. The van der Waals surface area contributed by atoms with Gasteiger partial charge in [0.25, 0.3) is 0 Å². The predicted octanol–water partition coefficient (Wildman–Crippen LogP) is 40.0. The molecule has 0 spiro atoms. The lowest BCUT2D eigenvalue weighted by Gasteiger charge is -2.27. The van der Waals surface area contributed by atoms with Crippen LogP contribution < -0.4 is 19.6 Å². The van der Waals surface area contributed by atoms with E-state index in [-0.39, 0.29) is 0 Å². The number of nitrogens with zero attached hydrogens (tertiary/aromatic N) is 4. The molecule has 0 aliphatic heterocycles. The molecular formula is C132H86N4S4. The quantitative estimate of drug-likeness (QED) is 0.0711. The van der Waals surface area contributed by atoms with Gasteiger partial charge in [-0.15, -0.1) is 45.3 Å². The molecule has 8 heteroatoms. The Bertz CT molecular complexity index is 9080. The molecule has 0 unspecified atom stereocenters. The van der Waals surface area contributed by atoms with E-state index in [2.05, 4.69) is 541 Å². The third-order valence-corrected chi connectivity index (χ3v) is 32.4. The fraction of sp³-hybridized carbons (Fsp3) is 0. The van der Waals surface area contributed by atoms with Gasteiger partial charge >= 0.3 is 0 Å². The molecule has 0 saturated heterocycles. The second-order valence-corrected chi connectivity index (χ2v) is 39.9. The number of hydrogen-bond donors (Lipinski definition) is 0. The standard InChI is InChI=1S/C132H86N4S4/c1-4-21-87(22-5-1)89-45-65-104(66-46-89)135(110-79-59-97(60-80-110)114-32-19-35-121-118-28-11-15-38-125(118)138-130(114)121)106-73-53-93(54-74-106)94-55-75-107(76-56-94)136(111-81-61-98(62-82-111)115-33-20-36-122-119-29-12-16-39-126(119)139-131(115)122)105-71-47-90(48-72-105)88-41-43-95(44-42-88)112-85-86-116(132-128(112)123-30-13-17-40-127(123)140-132)99-63-83-109(84-64-99)134(101-25-8-3-9-26-101)103-69-51-92(52-70-103)91-49-67-102(68-50-91)133(100-23-6-2-7-24-100)108-77-57-96(58-78-108)113-31-18-34-120-117-27-10-14-37-124(117)137-129(113)120/h1-86H. The monoisotopic (exact) mass is 1850 g/mol. The van der Waals surface area contributed by atoms with Crippen LogP contribution in [0.15, 0.2) is 522 Å². The van der Waals surface area contributed by atoms with E-state index in [0.717, 1.165) is 102 Å². The first-order chi connectivity index (χ1) is 69.4. The summed E-state index contributed by atoms with van der Waals surface area (Å²) in [5.41, 5.74) is 34.3. The Morgan fingerprint density at radius 1 is 0.107 bits per heavy atom. The van der Waals surface area contributed by atoms with Crippen molar-refractivity contribution in [3.05, 3.63) is 522 Å². The Kier molecular flexibility index (Phi) is 21.4. The maximum absolute atomic E-state index is 2.39. The summed E-state index contributed by atoms with van der Waals surface area (Å²) in [6.07, 6.45) is 0. The van der Waals surface area contributed by atoms with E-state index >= 15 is 0 Å². The van der Waals surface area contributed by atoms with Crippen molar-refractivity contribution < 1.29 is 0 Å². The second kappa shape index (κ2) is 35.9. The molecule has 4 aromatic heterocycles. The van der Waals surface area contributed by atoms with Gasteiger partial charge in [-0.3, -0.25) is 0 Å². The van der Waals surface area contributed by atoms with Gasteiger partial charge in [0.1, 0.15) is 0 Å². The lowest BCUT2D eigenvalue weighted by atomic mass is 9.93. The molecule has 0 N–H and O–H groups in total. The molecule has 0 saturated carbocycles. The predicted molar refractivity (Wildman–Crippen MR) is 606 cm³/mol. The van der Waals surface area contributed by atoms with Gasteiger partial charge in [0.2, 0.25) is 0 Å². The zero-order chi connectivity index (χ0) is 92.5. The van der Waals surface area contributed by atoms with Gasteiger partial charge in [-0.25, -0.2) is 0 Å². The minimum absolute atomic E-state index is 1.06. The number of thiophene rings is 4. The van der Waals surface area contributed by atoms with Crippen molar-refractivity contribution >= 4 is 194 Å². The van der Waals surface area contributed by atoms with E-state index in [0.29, 0.717) is 0 Å². The molecule has 4 heterocycles. The van der Waals surface area contributed by atoms with Crippen LogP contribution >= 0.6 is 45.3 Å². The lowest BCUT2D eigenvalue weighted by Crippen LogP contribution is -2.10. The van der Waals surface area contributed by atoms with Crippen LogP contribution in [0.4, 0.5) is 68.2 Å². The Labute approximate surface area is 828 Å². The van der Waals surface area contributed by atoms with Crippen LogP contribution in [-0.4, -0.2) is 0 Å². The lowest BCUT2D eigenvalue weighted by molar-refractivity contribution is 1.28. The molecule has 22 aromatic carbocycles. The first kappa shape index (κ1) is 83.5. The summed E-state index contributed by atoms with van der Waals surface area (Å²) in [5, 5.41) is 10.4. The number of para-hydroxylation sites is 2. The fourth-order valence-corrected chi connectivity index (χ4v) is 25.6. The maximum Gasteiger partial charge on any atom is 0.0462 e. The molecular weight excluding hydrogens is 1770 g/mol. The highest BCUT2D eigenvalue weighted by Gasteiger charge is 2.25. The summed E-state index contributed by atoms with van der Waals surface area (Å²) in [5.74, 6) is 0. The van der Waals surface area contributed by atoms with Crippen LogP contribution in [-0.2, 0) is 0 Å². The van der Waals surface area contributed by atoms with Gasteiger partial charge in [0.05, 0.1) is 0 Å². The van der Waals surface area contributed by atoms with Crippen LogP contribution in [0, 0.1) is 0 Å². The molecule has 26 rings (SSSR count). The number of anilines is 12. The van der Waals surface area contributed by atoms with Crippen molar-refractivity contribution in [2.45, 2.75) is 0 Å². The van der Waals surface area contributed by atoms with Crippen LogP contribution in [0.3, 0.4) is 0 Å². The summed E-state index contributed by atoms with van der Waals surface area (Å²) in [7, 11) is 0. The van der Waals surface area contributed by atoms with Crippen molar-refractivity contribution in [2.24, 2.45) is 0 Å². The summed E-state index contributed by atoms with van der Waals surface area (Å²) in [6, 6.07) is 192. The van der Waals surface area contributed by atoms with Crippen molar-refractivity contribution in [1.29, 1.82) is 0 Å². The van der Waals surface area contributed by atoms with Gasteiger partial charge in [-0.05, 0) is 270 Å². The average molecular weight is 1860 g/mol. The van der Waals surface area contributed by atoms with E-state index in [1.165, 1.54) is 147 Å². The van der Waals surface area contributed by atoms with Crippen molar-refractivity contribution in [3.8, 4) is 100 Å². The highest BCUT2D eigenvalue weighted by atomic mass is 32.1. The molecule has 0 bridgehead atoms. The van der Waals surface area contributed by atoms with Crippen LogP contribution in [0.1, 0.15) is 0 Å². The first-order valence-corrected chi connectivity index (χ1v) is 50.8. The summed E-state index contributed by atoms with van der Waals surface area (Å²) < 4.78 is 10.4. The molecule has 0 fully saturated rings. The molecule has 4 nitrogen and oxygen atoms in total. The molecule has 0 radical (unpaired) electrons. The maximum atomic E-state index is 2.39. The SMILES string of the molecule is c1ccc(-c2ccc(N(c3ccc(-c4ccc(N(c5ccc(-c6ccc(-c7ccc(-c8ccc(N(c9ccccc9)c9ccc(-c%10ccc(N(c%11ccccc%11)c%11ccc(-c%12cccc%13c%12sc%12ccccc%12%13)cc%11)cc%10)cc9)cc8)c8sc9ccccc9c78)cc6)cc5)c5ccc(-c6cccc7c6sc6ccccc67)cc5)cc4)cc3)c3ccc(-c4cccc5c4sc4ccccc45)cc3)cc2)cc1. The molecule has 658 valence electrons. The first-order valence-electron chi connectivity index (χ1n) is 47.5. The third kappa shape index (κ3) is 15.4. The molecule has 0 aliphatic carbocycles. The van der Waals surface area contributed by atoms with Crippen LogP contribution in [0.25, 0.3) is 181 Å². The second-order valence-electron chi connectivity index (χ2n) is 35.7. The molecule has 0 atom stereocenters. The molecule has 26 aromatic rings. The third-order valence-electron chi connectivity index (χ3n) is 27.6. The molecule has 140 heavy (non-hydrogen) atoms. The smallest absolute Gasteiger partial charge is 0.0462 e. The fourth-order valence-electron chi connectivity index (χ4n) is 20.6. The Balaban J connectivity index is 0.475. The van der Waals surface area contributed by atoms with E-state index < -0.39 is 0 Å². The number of rotatable bonds is 21. The van der Waals surface area contributed by atoms with Crippen LogP contribution in [0.5, 0.6) is 0 Å². The van der Waals surface area contributed by atoms with E-state index in [1.807, 2.05) is 45.3 Å². The largest absolute Gasteiger partial charge is 0.311 e. The summed E-state index contributed by atoms with van der Waals surface area (Å²) in [4.78, 5) is 9.47. The number of fused-ring (bicyclic) bond motifs is 12. The summed E-state index contributed by atoms with van der Waals surface area (Å²) in [6.45, 7) is 0. The van der Waals surface area contributed by atoms with E-state index in [1.54, 1.807) is 0 Å². The van der Waals surface area contributed by atoms with Crippen molar-refractivity contribution in [1.82, 2.24) is 0 Å². The van der Waals surface area contributed by atoms with Gasteiger partial charge < -0.3 is 19.6 Å². The normalized spacial score (nSPS) is 11.6. The van der Waals surface area contributed by atoms with Gasteiger partial charge in [-0.2, -0.15) is 0 Å². The Morgan fingerprint density at radius 2 is 0.286 bits per heavy atom. The zero-order valence-corrected chi connectivity index (χ0v) is 79.3. The zero-order valence-electron chi connectivity index (χ0n) is 76.1. The topological polar surface area (TPSA) is 13.0 Å². The highest BCUT2D eigenvalue weighted by Crippen LogP contribution is 2.51. The van der Waals surface area contributed by atoms with Crippen molar-refractivity contribution in [2.75, 3.05) is 19.6 Å². The van der Waals surface area contributed by atoms with Gasteiger partial charge in [0.15, 0.2) is 0 Å². The van der Waals surface area contributed by atoms with Crippen LogP contribution in [0.2, 0.25) is 0 Å². The Morgan fingerprint density at radius 3 is 0.571 bits per heavy atom. The minimum Gasteiger partial charge on any atom is -0.311 e. The highest BCUT2D eigenvalue weighted by molar-refractivity contribution is 7.27. The van der Waals surface area contributed by atoms with Crippen molar-refractivity contribution in [3.63, 3.8) is 0 Å².